The molecular formula is C17H31N5. The summed E-state index contributed by atoms with van der Waals surface area (Å²) in [5, 5.41) is 11.1. The van der Waals surface area contributed by atoms with E-state index in [0.29, 0.717) is 5.92 Å². The molecule has 0 amide bonds. The second-order valence-electron chi connectivity index (χ2n) is 6.51. The molecule has 0 saturated heterocycles. The first-order valence-electron chi connectivity index (χ1n) is 8.70. The molecule has 1 fully saturated rings. The number of guanidine groups is 1. The minimum absolute atomic E-state index is 0.511. The summed E-state index contributed by atoms with van der Waals surface area (Å²) >= 11 is 0. The molecule has 0 spiro atoms. The standard InChI is InChI=1S/C17H31N5/c1-15(14-22-12-6-11-21-22)13-20-17(18-2)19-10-5-9-16-7-3-4-8-16/h6,11-12,15-16H,3-5,7-10,13-14H2,1-2H3,(H2,18,19,20). The van der Waals surface area contributed by atoms with Crippen molar-refractivity contribution in [2.45, 2.75) is 52.0 Å². The van der Waals surface area contributed by atoms with E-state index in [-0.39, 0.29) is 0 Å². The zero-order valence-electron chi connectivity index (χ0n) is 14.1. The molecule has 1 saturated carbocycles. The van der Waals surface area contributed by atoms with E-state index in [0.717, 1.165) is 31.5 Å². The molecule has 2 N–H and O–H groups in total. The molecule has 1 aromatic heterocycles. The monoisotopic (exact) mass is 305 g/mol. The highest BCUT2D eigenvalue weighted by Crippen LogP contribution is 2.28. The summed E-state index contributed by atoms with van der Waals surface area (Å²) in [7, 11) is 1.84. The van der Waals surface area contributed by atoms with Gasteiger partial charge in [0.15, 0.2) is 5.96 Å². The van der Waals surface area contributed by atoms with Gasteiger partial charge in [-0.2, -0.15) is 5.10 Å². The maximum Gasteiger partial charge on any atom is 0.190 e. The van der Waals surface area contributed by atoms with Crippen molar-refractivity contribution in [2.75, 3.05) is 20.1 Å². The molecule has 1 aliphatic rings. The Morgan fingerprint density at radius 1 is 1.36 bits per heavy atom. The Hall–Kier alpha value is -1.52. The number of nitrogens with zero attached hydrogens (tertiary/aromatic N) is 3. The molecule has 1 aliphatic carbocycles. The van der Waals surface area contributed by atoms with Crippen molar-refractivity contribution < 1.29 is 0 Å². The Bertz CT molecular complexity index is 420. The van der Waals surface area contributed by atoms with Crippen LogP contribution >= 0.6 is 0 Å². The van der Waals surface area contributed by atoms with Gasteiger partial charge in [0.2, 0.25) is 0 Å². The topological polar surface area (TPSA) is 54.2 Å². The summed E-state index contributed by atoms with van der Waals surface area (Å²) in [5.74, 6) is 2.40. The van der Waals surface area contributed by atoms with Crippen molar-refractivity contribution >= 4 is 5.96 Å². The van der Waals surface area contributed by atoms with Crippen LogP contribution in [-0.4, -0.2) is 35.9 Å². The van der Waals surface area contributed by atoms with E-state index >= 15 is 0 Å². The number of aromatic nitrogens is 2. The molecule has 1 unspecified atom stereocenters. The van der Waals surface area contributed by atoms with Gasteiger partial charge < -0.3 is 10.6 Å². The second-order valence-corrected chi connectivity index (χ2v) is 6.51. The van der Waals surface area contributed by atoms with Gasteiger partial charge in [-0.3, -0.25) is 9.67 Å². The van der Waals surface area contributed by atoms with Crippen LogP contribution in [0.3, 0.4) is 0 Å². The highest BCUT2D eigenvalue weighted by atomic mass is 15.3. The Morgan fingerprint density at radius 2 is 2.18 bits per heavy atom. The fraction of sp³-hybridized carbons (Fsp3) is 0.765. The number of rotatable bonds is 8. The molecule has 124 valence electrons. The average molecular weight is 305 g/mol. The molecule has 22 heavy (non-hydrogen) atoms. The van der Waals surface area contributed by atoms with Gasteiger partial charge in [0.05, 0.1) is 0 Å². The first kappa shape index (κ1) is 16.8. The summed E-state index contributed by atoms with van der Waals surface area (Å²) in [5.41, 5.74) is 0. The van der Waals surface area contributed by atoms with Crippen molar-refractivity contribution in [2.24, 2.45) is 16.8 Å². The third kappa shape index (κ3) is 6.08. The molecule has 1 heterocycles. The highest BCUT2D eigenvalue weighted by molar-refractivity contribution is 5.79. The third-order valence-corrected chi connectivity index (χ3v) is 4.46. The highest BCUT2D eigenvalue weighted by Gasteiger charge is 2.14. The van der Waals surface area contributed by atoms with Gasteiger partial charge >= 0.3 is 0 Å². The SMILES string of the molecule is CN=C(NCCCC1CCCC1)NCC(C)Cn1cccn1. The quantitative estimate of drug-likeness (QED) is 0.441. The van der Waals surface area contributed by atoms with Crippen molar-refractivity contribution in [3.8, 4) is 0 Å². The number of hydrogen-bond acceptors (Lipinski definition) is 2. The molecule has 0 radical (unpaired) electrons. The van der Waals surface area contributed by atoms with E-state index in [2.05, 4.69) is 27.6 Å². The lowest BCUT2D eigenvalue weighted by Crippen LogP contribution is -2.40. The van der Waals surface area contributed by atoms with Gasteiger partial charge in [0.25, 0.3) is 0 Å². The van der Waals surface area contributed by atoms with Crippen LogP contribution in [0.5, 0.6) is 0 Å². The van der Waals surface area contributed by atoms with Crippen molar-refractivity contribution in [3.05, 3.63) is 18.5 Å². The molecule has 0 aliphatic heterocycles. The Balaban J connectivity index is 1.56. The van der Waals surface area contributed by atoms with E-state index in [1.165, 1.54) is 38.5 Å². The second kappa shape index (κ2) is 9.49. The minimum atomic E-state index is 0.511. The Labute approximate surface area is 134 Å². The average Bonchev–Trinajstić information content (AvgIpc) is 3.20. The lowest BCUT2D eigenvalue weighted by molar-refractivity contribution is 0.442. The summed E-state index contributed by atoms with van der Waals surface area (Å²) in [6.45, 7) is 5.08. The minimum Gasteiger partial charge on any atom is -0.356 e. The predicted octanol–water partition coefficient (Wildman–Crippen LogP) is 2.65. The molecule has 0 aromatic carbocycles. The number of hydrogen-bond donors (Lipinski definition) is 2. The largest absolute Gasteiger partial charge is 0.356 e. The summed E-state index contributed by atoms with van der Waals surface area (Å²) in [4.78, 5) is 4.30. The van der Waals surface area contributed by atoms with Crippen LogP contribution in [-0.2, 0) is 6.54 Å². The van der Waals surface area contributed by atoms with Crippen LogP contribution < -0.4 is 10.6 Å². The van der Waals surface area contributed by atoms with E-state index in [1.807, 2.05) is 30.2 Å². The number of aliphatic imine (C=N–C) groups is 1. The van der Waals surface area contributed by atoms with Crippen LogP contribution in [0.25, 0.3) is 0 Å². The molecule has 5 nitrogen and oxygen atoms in total. The Kier molecular flexibility index (Phi) is 7.26. The van der Waals surface area contributed by atoms with Crippen LogP contribution in [0, 0.1) is 11.8 Å². The van der Waals surface area contributed by atoms with E-state index in [1.54, 1.807) is 0 Å². The van der Waals surface area contributed by atoms with E-state index in [4.69, 9.17) is 0 Å². The van der Waals surface area contributed by atoms with Crippen molar-refractivity contribution in [3.63, 3.8) is 0 Å². The fourth-order valence-electron chi connectivity index (χ4n) is 3.18. The first-order valence-corrected chi connectivity index (χ1v) is 8.70. The molecule has 1 aromatic rings. The van der Waals surface area contributed by atoms with Crippen LogP contribution in [0.4, 0.5) is 0 Å². The normalized spacial score (nSPS) is 17.6. The van der Waals surface area contributed by atoms with Crippen molar-refractivity contribution in [1.82, 2.24) is 20.4 Å². The van der Waals surface area contributed by atoms with E-state index < -0.39 is 0 Å². The van der Waals surface area contributed by atoms with Crippen LogP contribution in [0.1, 0.15) is 45.4 Å². The maximum atomic E-state index is 4.30. The lowest BCUT2D eigenvalue weighted by atomic mass is 10.0. The molecule has 0 bridgehead atoms. The molecule has 1 atom stereocenters. The molecule has 5 heteroatoms. The molecule has 2 rings (SSSR count). The summed E-state index contributed by atoms with van der Waals surface area (Å²) in [6.07, 6.45) is 12.2. The fourth-order valence-corrected chi connectivity index (χ4v) is 3.18. The first-order chi connectivity index (χ1) is 10.8. The predicted molar refractivity (Wildman–Crippen MR) is 91.9 cm³/mol. The maximum absolute atomic E-state index is 4.30. The third-order valence-electron chi connectivity index (χ3n) is 4.46. The van der Waals surface area contributed by atoms with Crippen LogP contribution in [0.15, 0.2) is 23.5 Å². The zero-order chi connectivity index (χ0) is 15.6. The molecular weight excluding hydrogens is 274 g/mol. The summed E-state index contributed by atoms with van der Waals surface area (Å²) < 4.78 is 1.98. The van der Waals surface area contributed by atoms with Gasteiger partial charge in [0, 0.05) is 39.1 Å². The van der Waals surface area contributed by atoms with Gasteiger partial charge in [-0.15, -0.1) is 0 Å². The van der Waals surface area contributed by atoms with Gasteiger partial charge in [-0.05, 0) is 30.7 Å². The van der Waals surface area contributed by atoms with E-state index in [9.17, 15) is 0 Å². The van der Waals surface area contributed by atoms with Crippen molar-refractivity contribution in [1.29, 1.82) is 0 Å². The zero-order valence-corrected chi connectivity index (χ0v) is 14.1. The van der Waals surface area contributed by atoms with Gasteiger partial charge in [-0.1, -0.05) is 32.6 Å². The summed E-state index contributed by atoms with van der Waals surface area (Å²) in [6, 6.07) is 1.96. The smallest absolute Gasteiger partial charge is 0.190 e. The van der Waals surface area contributed by atoms with Gasteiger partial charge in [0.1, 0.15) is 0 Å². The van der Waals surface area contributed by atoms with Gasteiger partial charge in [-0.25, -0.2) is 0 Å². The lowest BCUT2D eigenvalue weighted by Gasteiger charge is -2.16. The Morgan fingerprint density at radius 3 is 2.86 bits per heavy atom. The number of nitrogens with one attached hydrogen (secondary N) is 2. The van der Waals surface area contributed by atoms with Crippen LogP contribution in [0.2, 0.25) is 0 Å².